The fourth-order valence-electron chi connectivity index (χ4n) is 1.60. The van der Waals surface area contributed by atoms with Crippen LogP contribution >= 0.6 is 11.6 Å². The largest absolute Gasteiger partial charge is 0.370 e. The summed E-state index contributed by atoms with van der Waals surface area (Å²) in [6.07, 6.45) is 0. The topological polar surface area (TPSA) is 50.4 Å². The van der Waals surface area contributed by atoms with Gasteiger partial charge in [-0.05, 0) is 24.6 Å². The van der Waals surface area contributed by atoms with Gasteiger partial charge >= 0.3 is 0 Å². The maximum Gasteiger partial charge on any atom is 0.189 e. The minimum atomic E-state index is -0.213. The van der Waals surface area contributed by atoms with Crippen LogP contribution < -0.4 is 11.1 Å². The second-order valence-corrected chi connectivity index (χ2v) is 4.11. The predicted molar refractivity (Wildman–Crippen MR) is 58.4 cm³/mol. The summed E-state index contributed by atoms with van der Waals surface area (Å²) in [5.41, 5.74) is 6.48. The number of nitrogens with zero attached hydrogens (tertiary/aromatic N) is 1. The van der Waals surface area contributed by atoms with Crippen LogP contribution in [0.2, 0.25) is 5.02 Å². The Labute approximate surface area is 88.0 Å². The molecule has 1 atom stereocenters. The first-order chi connectivity index (χ1) is 6.60. The number of benzene rings is 1. The normalized spacial score (nSPS) is 25.7. The van der Waals surface area contributed by atoms with Crippen molar-refractivity contribution < 1.29 is 0 Å². The van der Waals surface area contributed by atoms with E-state index in [-0.39, 0.29) is 5.54 Å². The lowest BCUT2D eigenvalue weighted by molar-refractivity contribution is 0.480. The number of guanidine groups is 1. The van der Waals surface area contributed by atoms with E-state index in [0.29, 0.717) is 12.5 Å². The molecular weight excluding hydrogens is 198 g/mol. The molecule has 1 aromatic rings. The first-order valence-electron chi connectivity index (χ1n) is 4.44. The molecule has 4 heteroatoms. The molecule has 3 N–H and O–H groups in total. The molecule has 0 bridgehead atoms. The van der Waals surface area contributed by atoms with E-state index in [1.807, 2.05) is 24.3 Å². The third-order valence-electron chi connectivity index (χ3n) is 2.43. The molecule has 1 aromatic carbocycles. The maximum absolute atomic E-state index is 5.93. The van der Waals surface area contributed by atoms with Crippen molar-refractivity contribution in [3.05, 3.63) is 34.9 Å². The molecule has 2 rings (SSSR count). The number of hydrogen-bond donors (Lipinski definition) is 2. The van der Waals surface area contributed by atoms with Crippen LogP contribution in [-0.2, 0) is 5.54 Å². The van der Waals surface area contributed by atoms with Crippen molar-refractivity contribution >= 4 is 17.6 Å². The summed E-state index contributed by atoms with van der Waals surface area (Å²) in [5, 5.41) is 3.88. The standard InChI is InChI=1S/C10H12ClN3/c1-10(6-13-9(12)14-10)7-3-2-4-8(11)5-7/h2-5H,6H2,1H3,(H3,12,13,14). The summed E-state index contributed by atoms with van der Waals surface area (Å²) in [6.45, 7) is 2.71. The molecule has 1 unspecified atom stereocenters. The summed E-state index contributed by atoms with van der Waals surface area (Å²) in [6, 6.07) is 7.74. The molecule has 0 spiro atoms. The Bertz CT molecular complexity index is 389. The van der Waals surface area contributed by atoms with Crippen molar-refractivity contribution in [1.29, 1.82) is 0 Å². The third kappa shape index (κ3) is 1.55. The van der Waals surface area contributed by atoms with Crippen molar-refractivity contribution in [2.75, 3.05) is 6.54 Å². The Morgan fingerprint density at radius 1 is 1.57 bits per heavy atom. The number of aliphatic imine (C=N–C) groups is 1. The molecule has 0 aliphatic carbocycles. The van der Waals surface area contributed by atoms with E-state index >= 15 is 0 Å². The minimum Gasteiger partial charge on any atom is -0.370 e. The average Bonchev–Trinajstić information content (AvgIpc) is 2.48. The van der Waals surface area contributed by atoms with Gasteiger partial charge in [-0.15, -0.1) is 0 Å². The number of rotatable bonds is 1. The Morgan fingerprint density at radius 2 is 2.36 bits per heavy atom. The molecule has 0 amide bonds. The van der Waals surface area contributed by atoms with Crippen LogP contribution in [0.1, 0.15) is 12.5 Å². The molecule has 74 valence electrons. The van der Waals surface area contributed by atoms with E-state index < -0.39 is 0 Å². The Kier molecular flexibility index (Phi) is 2.11. The van der Waals surface area contributed by atoms with Crippen molar-refractivity contribution in [2.24, 2.45) is 10.7 Å². The van der Waals surface area contributed by atoms with Crippen molar-refractivity contribution in [1.82, 2.24) is 5.32 Å². The molecule has 1 aliphatic heterocycles. The van der Waals surface area contributed by atoms with Gasteiger partial charge in [0.1, 0.15) is 0 Å². The van der Waals surface area contributed by atoms with Gasteiger partial charge in [0.2, 0.25) is 0 Å². The van der Waals surface area contributed by atoms with Crippen LogP contribution in [0.25, 0.3) is 0 Å². The third-order valence-corrected chi connectivity index (χ3v) is 2.67. The fourth-order valence-corrected chi connectivity index (χ4v) is 1.79. The first kappa shape index (κ1) is 9.34. The van der Waals surface area contributed by atoms with Crippen molar-refractivity contribution in [3.63, 3.8) is 0 Å². The highest BCUT2D eigenvalue weighted by atomic mass is 35.5. The molecule has 0 radical (unpaired) electrons. The second-order valence-electron chi connectivity index (χ2n) is 3.67. The molecule has 0 aromatic heterocycles. The predicted octanol–water partition coefficient (Wildman–Crippen LogP) is 1.47. The zero-order valence-electron chi connectivity index (χ0n) is 7.92. The van der Waals surface area contributed by atoms with Gasteiger partial charge in [-0.2, -0.15) is 0 Å². The molecule has 3 nitrogen and oxygen atoms in total. The fraction of sp³-hybridized carbons (Fsp3) is 0.300. The van der Waals surface area contributed by atoms with Gasteiger partial charge < -0.3 is 11.1 Å². The highest BCUT2D eigenvalue weighted by Gasteiger charge is 2.31. The van der Waals surface area contributed by atoms with Crippen LogP contribution in [0.15, 0.2) is 29.3 Å². The smallest absolute Gasteiger partial charge is 0.189 e. The van der Waals surface area contributed by atoms with Crippen LogP contribution in [0.4, 0.5) is 0 Å². The lowest BCUT2D eigenvalue weighted by Gasteiger charge is -2.24. The summed E-state index contributed by atoms with van der Waals surface area (Å²) in [5.74, 6) is 0.493. The van der Waals surface area contributed by atoms with Gasteiger partial charge in [0.15, 0.2) is 5.96 Å². The summed E-state index contributed by atoms with van der Waals surface area (Å²) in [4.78, 5) is 4.14. The number of nitrogens with two attached hydrogens (primary N) is 1. The molecule has 0 fully saturated rings. The van der Waals surface area contributed by atoms with Gasteiger partial charge in [0.25, 0.3) is 0 Å². The number of hydrogen-bond acceptors (Lipinski definition) is 3. The van der Waals surface area contributed by atoms with E-state index in [2.05, 4.69) is 17.2 Å². The molecule has 14 heavy (non-hydrogen) atoms. The van der Waals surface area contributed by atoms with E-state index in [4.69, 9.17) is 17.3 Å². The monoisotopic (exact) mass is 209 g/mol. The van der Waals surface area contributed by atoms with Crippen LogP contribution in [-0.4, -0.2) is 12.5 Å². The Balaban J connectivity index is 2.32. The van der Waals surface area contributed by atoms with E-state index in [1.54, 1.807) is 0 Å². The van der Waals surface area contributed by atoms with E-state index in [9.17, 15) is 0 Å². The lowest BCUT2D eigenvalue weighted by Crippen LogP contribution is -2.42. The average molecular weight is 210 g/mol. The minimum absolute atomic E-state index is 0.213. The first-order valence-corrected chi connectivity index (χ1v) is 4.82. The molecule has 1 aliphatic rings. The molecule has 0 saturated heterocycles. The zero-order valence-corrected chi connectivity index (χ0v) is 8.67. The quantitative estimate of drug-likeness (QED) is 0.736. The van der Waals surface area contributed by atoms with Crippen LogP contribution in [0.5, 0.6) is 0 Å². The molecule has 0 saturated carbocycles. The van der Waals surface area contributed by atoms with Crippen LogP contribution in [0.3, 0.4) is 0 Å². The van der Waals surface area contributed by atoms with Gasteiger partial charge in [-0.3, -0.25) is 4.99 Å². The van der Waals surface area contributed by atoms with E-state index in [0.717, 1.165) is 10.6 Å². The van der Waals surface area contributed by atoms with Gasteiger partial charge in [0, 0.05) is 5.02 Å². The maximum atomic E-state index is 5.93. The second kappa shape index (κ2) is 3.17. The lowest BCUT2D eigenvalue weighted by atomic mass is 9.93. The zero-order chi connectivity index (χ0) is 10.2. The van der Waals surface area contributed by atoms with Crippen LogP contribution in [0, 0.1) is 0 Å². The SMILES string of the molecule is CC1(c2cccc(Cl)c2)CN=C(N)N1. The summed E-state index contributed by atoms with van der Waals surface area (Å²) < 4.78 is 0. The van der Waals surface area contributed by atoms with Crippen molar-refractivity contribution in [3.8, 4) is 0 Å². The van der Waals surface area contributed by atoms with Gasteiger partial charge in [-0.25, -0.2) is 0 Å². The summed E-state index contributed by atoms with van der Waals surface area (Å²) in [7, 11) is 0. The Morgan fingerprint density at radius 3 is 2.93 bits per heavy atom. The Hall–Kier alpha value is -1.22. The number of nitrogens with one attached hydrogen (secondary N) is 1. The molecular formula is C10H12ClN3. The van der Waals surface area contributed by atoms with Crippen molar-refractivity contribution in [2.45, 2.75) is 12.5 Å². The molecule has 1 heterocycles. The van der Waals surface area contributed by atoms with Gasteiger partial charge in [0.05, 0.1) is 12.1 Å². The number of halogens is 1. The summed E-state index contributed by atoms with van der Waals surface area (Å²) >= 11 is 5.93. The highest BCUT2D eigenvalue weighted by Crippen LogP contribution is 2.26. The van der Waals surface area contributed by atoms with E-state index in [1.165, 1.54) is 0 Å². The highest BCUT2D eigenvalue weighted by molar-refractivity contribution is 6.30. The van der Waals surface area contributed by atoms with Gasteiger partial charge in [-0.1, -0.05) is 23.7 Å².